The van der Waals surface area contributed by atoms with Gasteiger partial charge in [0.2, 0.25) is 0 Å². The molecule has 1 aliphatic heterocycles. The molecule has 4 rings (SSSR count). The molecule has 1 aliphatic carbocycles. The molecular weight excluding hydrogens is 322 g/mol. The first-order valence-corrected chi connectivity index (χ1v) is 9.63. The van der Waals surface area contributed by atoms with Gasteiger partial charge < -0.3 is 9.64 Å². The van der Waals surface area contributed by atoms with Gasteiger partial charge in [0.1, 0.15) is 5.75 Å². The van der Waals surface area contributed by atoms with Gasteiger partial charge in [-0.2, -0.15) is 0 Å². The lowest BCUT2D eigenvalue weighted by molar-refractivity contribution is 0.342. The Bertz CT molecular complexity index is 794. The molecule has 1 aromatic carbocycles. The summed E-state index contributed by atoms with van der Waals surface area (Å²) in [6.45, 7) is 5.93. The van der Waals surface area contributed by atoms with Gasteiger partial charge in [-0.15, -0.1) is 0 Å². The van der Waals surface area contributed by atoms with E-state index in [0.717, 1.165) is 30.8 Å². The summed E-state index contributed by atoms with van der Waals surface area (Å²) in [5.74, 6) is 1.20. The molecule has 0 radical (unpaired) electrons. The quantitative estimate of drug-likeness (QED) is 0.787. The Hall–Kier alpha value is -2.20. The molecule has 0 spiro atoms. The van der Waals surface area contributed by atoms with Crippen molar-refractivity contribution in [3.05, 3.63) is 59.2 Å². The van der Waals surface area contributed by atoms with Crippen molar-refractivity contribution < 1.29 is 4.74 Å². The third kappa shape index (κ3) is 3.38. The van der Waals surface area contributed by atoms with Crippen LogP contribution in [-0.2, 0) is 6.42 Å². The largest absolute Gasteiger partial charge is 0.497 e. The maximum atomic E-state index is 5.45. The van der Waals surface area contributed by atoms with Gasteiger partial charge in [0, 0.05) is 31.1 Å². The van der Waals surface area contributed by atoms with E-state index >= 15 is 0 Å². The molecule has 136 valence electrons. The Kier molecular flexibility index (Phi) is 5.02. The Labute approximate surface area is 155 Å². The van der Waals surface area contributed by atoms with Crippen molar-refractivity contribution >= 4 is 5.57 Å². The normalized spacial score (nSPS) is 18.2. The molecule has 2 heterocycles. The highest BCUT2D eigenvalue weighted by Crippen LogP contribution is 2.43. The third-order valence-electron chi connectivity index (χ3n) is 5.78. The van der Waals surface area contributed by atoms with Crippen LogP contribution in [-0.4, -0.2) is 41.6 Å². The Balaban J connectivity index is 1.65. The molecule has 4 heteroatoms. The summed E-state index contributed by atoms with van der Waals surface area (Å²) < 4.78 is 5.45. The van der Waals surface area contributed by atoms with E-state index in [1.54, 1.807) is 25.1 Å². The zero-order valence-corrected chi connectivity index (χ0v) is 15.7. The number of benzene rings is 1. The summed E-state index contributed by atoms with van der Waals surface area (Å²) >= 11 is 0. The van der Waals surface area contributed by atoms with Crippen LogP contribution >= 0.6 is 0 Å². The van der Waals surface area contributed by atoms with Crippen LogP contribution in [0.25, 0.3) is 5.57 Å². The van der Waals surface area contributed by atoms with Crippen LogP contribution < -0.4 is 4.74 Å². The summed E-state index contributed by atoms with van der Waals surface area (Å²) in [6.07, 6.45) is 10.3. The zero-order valence-electron chi connectivity index (χ0n) is 15.7. The van der Waals surface area contributed by atoms with Crippen molar-refractivity contribution in [3.8, 4) is 5.75 Å². The lowest BCUT2D eigenvalue weighted by Crippen LogP contribution is -2.21. The number of allylic oxidation sites excluding steroid dienone is 1. The fraction of sp³-hybridized carbons (Fsp3) is 0.455. The number of hydrogen-bond acceptors (Lipinski definition) is 4. The number of methoxy groups -OCH3 is 1. The zero-order chi connectivity index (χ0) is 17.9. The van der Waals surface area contributed by atoms with Crippen LogP contribution in [0.5, 0.6) is 5.75 Å². The number of ether oxygens (including phenoxy) is 1. The molecule has 2 aromatic rings. The van der Waals surface area contributed by atoms with E-state index in [-0.39, 0.29) is 5.92 Å². The molecule has 0 N–H and O–H groups in total. The third-order valence-corrected chi connectivity index (χ3v) is 5.78. The maximum Gasteiger partial charge on any atom is 0.119 e. The molecule has 1 fully saturated rings. The second-order valence-electron chi connectivity index (χ2n) is 7.37. The van der Waals surface area contributed by atoms with Crippen molar-refractivity contribution in [2.24, 2.45) is 0 Å². The van der Waals surface area contributed by atoms with Crippen LogP contribution in [0.1, 0.15) is 48.9 Å². The summed E-state index contributed by atoms with van der Waals surface area (Å²) in [4.78, 5) is 11.4. The summed E-state index contributed by atoms with van der Waals surface area (Å²) in [5, 5.41) is 0. The number of rotatable bonds is 6. The minimum atomic E-state index is 0.256. The highest BCUT2D eigenvalue weighted by atomic mass is 16.5. The van der Waals surface area contributed by atoms with E-state index in [2.05, 4.69) is 40.0 Å². The molecule has 26 heavy (non-hydrogen) atoms. The highest BCUT2D eigenvalue weighted by molar-refractivity contribution is 5.80. The van der Waals surface area contributed by atoms with E-state index in [9.17, 15) is 0 Å². The van der Waals surface area contributed by atoms with Gasteiger partial charge in [-0.05, 0) is 67.6 Å². The smallest absolute Gasteiger partial charge is 0.119 e. The average molecular weight is 349 g/mol. The second kappa shape index (κ2) is 7.58. The monoisotopic (exact) mass is 349 g/mol. The second-order valence-corrected chi connectivity index (χ2v) is 7.37. The molecule has 1 unspecified atom stereocenters. The Morgan fingerprint density at radius 3 is 2.77 bits per heavy atom. The first kappa shape index (κ1) is 17.2. The SMILES string of the molecule is COc1ccc2c(c1)CC(CCN1CCCC1)=C2C(C)c1cnccn1. The minimum Gasteiger partial charge on any atom is -0.497 e. The van der Waals surface area contributed by atoms with E-state index < -0.39 is 0 Å². The van der Waals surface area contributed by atoms with E-state index in [4.69, 9.17) is 4.74 Å². The van der Waals surface area contributed by atoms with Gasteiger partial charge in [0.15, 0.2) is 0 Å². The van der Waals surface area contributed by atoms with Crippen molar-refractivity contribution in [2.45, 2.75) is 38.5 Å². The predicted molar refractivity (Wildman–Crippen MR) is 104 cm³/mol. The molecule has 2 aliphatic rings. The number of aromatic nitrogens is 2. The molecular formula is C22H27N3O. The molecule has 1 atom stereocenters. The van der Waals surface area contributed by atoms with E-state index in [1.807, 2.05) is 6.20 Å². The summed E-state index contributed by atoms with van der Waals surface area (Å²) in [7, 11) is 1.74. The number of likely N-dealkylation sites (tertiary alicyclic amines) is 1. The Morgan fingerprint density at radius 2 is 2.04 bits per heavy atom. The van der Waals surface area contributed by atoms with Gasteiger partial charge in [-0.1, -0.05) is 18.6 Å². The molecule has 4 nitrogen and oxygen atoms in total. The van der Waals surface area contributed by atoms with Gasteiger partial charge >= 0.3 is 0 Å². The van der Waals surface area contributed by atoms with Crippen LogP contribution in [0.4, 0.5) is 0 Å². The summed E-state index contributed by atoms with van der Waals surface area (Å²) in [6, 6.07) is 6.49. The lowest BCUT2D eigenvalue weighted by Gasteiger charge is -2.19. The van der Waals surface area contributed by atoms with Gasteiger partial charge in [-0.25, -0.2) is 0 Å². The predicted octanol–water partition coefficient (Wildman–Crippen LogP) is 4.08. The molecule has 0 bridgehead atoms. The van der Waals surface area contributed by atoms with E-state index in [0.29, 0.717) is 0 Å². The number of hydrogen-bond donors (Lipinski definition) is 0. The molecule has 1 saturated heterocycles. The molecule has 0 saturated carbocycles. The fourth-order valence-corrected chi connectivity index (χ4v) is 4.37. The van der Waals surface area contributed by atoms with Crippen LogP contribution in [0.15, 0.2) is 42.4 Å². The molecule has 0 amide bonds. The first-order chi connectivity index (χ1) is 12.8. The van der Waals surface area contributed by atoms with Crippen LogP contribution in [0.3, 0.4) is 0 Å². The van der Waals surface area contributed by atoms with Crippen molar-refractivity contribution in [1.82, 2.24) is 14.9 Å². The average Bonchev–Trinajstić information content (AvgIpc) is 3.33. The topological polar surface area (TPSA) is 38.2 Å². The highest BCUT2D eigenvalue weighted by Gasteiger charge is 2.27. The van der Waals surface area contributed by atoms with Crippen LogP contribution in [0, 0.1) is 0 Å². The standard InChI is InChI=1S/C22H27N3O/c1-16(21-15-23-8-9-24-21)22-17(7-12-25-10-3-4-11-25)13-18-14-19(26-2)5-6-20(18)22/h5-6,8-9,14-16H,3-4,7,10-13H2,1-2H3. The fourth-order valence-electron chi connectivity index (χ4n) is 4.37. The minimum absolute atomic E-state index is 0.256. The van der Waals surface area contributed by atoms with Gasteiger partial charge in [0.05, 0.1) is 12.8 Å². The van der Waals surface area contributed by atoms with Gasteiger partial charge in [0.25, 0.3) is 0 Å². The van der Waals surface area contributed by atoms with Crippen LogP contribution in [0.2, 0.25) is 0 Å². The van der Waals surface area contributed by atoms with Crippen molar-refractivity contribution in [1.29, 1.82) is 0 Å². The van der Waals surface area contributed by atoms with Gasteiger partial charge in [-0.3, -0.25) is 9.97 Å². The number of nitrogens with zero attached hydrogens (tertiary/aromatic N) is 3. The summed E-state index contributed by atoms with van der Waals surface area (Å²) in [5.41, 5.74) is 6.79. The molecule has 1 aromatic heterocycles. The van der Waals surface area contributed by atoms with Crippen molar-refractivity contribution in [2.75, 3.05) is 26.7 Å². The maximum absolute atomic E-state index is 5.45. The number of fused-ring (bicyclic) bond motifs is 1. The van der Waals surface area contributed by atoms with Crippen molar-refractivity contribution in [3.63, 3.8) is 0 Å². The lowest BCUT2D eigenvalue weighted by atomic mass is 9.90. The first-order valence-electron chi connectivity index (χ1n) is 9.63. The Morgan fingerprint density at radius 1 is 1.19 bits per heavy atom. The van der Waals surface area contributed by atoms with E-state index in [1.165, 1.54) is 42.6 Å².